The molecule has 4 heteroatoms. The Morgan fingerprint density at radius 3 is 2.80 bits per heavy atom. The van der Waals surface area contributed by atoms with Gasteiger partial charge in [0, 0.05) is 18.3 Å². The van der Waals surface area contributed by atoms with Gasteiger partial charge in [0.2, 0.25) is 0 Å². The van der Waals surface area contributed by atoms with Crippen molar-refractivity contribution in [3.05, 3.63) is 28.8 Å². The van der Waals surface area contributed by atoms with E-state index in [4.69, 9.17) is 16.9 Å². The van der Waals surface area contributed by atoms with Gasteiger partial charge in [0.25, 0.3) is 0 Å². The fourth-order valence-electron chi connectivity index (χ4n) is 1.09. The molecule has 1 rings (SSSR count). The summed E-state index contributed by atoms with van der Waals surface area (Å²) in [5.74, 6) is 0. The van der Waals surface area contributed by atoms with Gasteiger partial charge < -0.3 is 10.6 Å². The number of rotatable bonds is 4. The van der Waals surface area contributed by atoms with Crippen LogP contribution in [0.1, 0.15) is 12.5 Å². The first-order valence-electron chi connectivity index (χ1n) is 4.78. The van der Waals surface area contributed by atoms with Gasteiger partial charge in [0.1, 0.15) is 6.07 Å². The molecule has 0 saturated heterocycles. The van der Waals surface area contributed by atoms with Crippen molar-refractivity contribution in [2.24, 2.45) is 0 Å². The molecule has 0 saturated carbocycles. The number of benzene rings is 1. The van der Waals surface area contributed by atoms with Gasteiger partial charge in [-0.2, -0.15) is 5.26 Å². The van der Waals surface area contributed by atoms with Crippen LogP contribution in [0.15, 0.2) is 18.2 Å². The van der Waals surface area contributed by atoms with E-state index in [1.54, 1.807) is 12.1 Å². The molecular weight excluding hydrogens is 210 g/mol. The van der Waals surface area contributed by atoms with Gasteiger partial charge in [-0.15, -0.1) is 0 Å². The van der Waals surface area contributed by atoms with Crippen molar-refractivity contribution >= 4 is 17.3 Å². The maximum Gasteiger partial charge on any atom is 0.101 e. The lowest BCUT2D eigenvalue weighted by molar-refractivity contribution is 0.638. The predicted octanol–water partition coefficient (Wildman–Crippen LogP) is 2.23. The summed E-state index contributed by atoms with van der Waals surface area (Å²) >= 11 is 5.90. The Balaban J connectivity index is 2.64. The van der Waals surface area contributed by atoms with E-state index in [-0.39, 0.29) is 0 Å². The Bertz CT molecular complexity index is 371. The van der Waals surface area contributed by atoms with Crippen LogP contribution in [0.4, 0.5) is 5.69 Å². The average Bonchev–Trinajstić information content (AvgIpc) is 2.26. The monoisotopic (exact) mass is 223 g/mol. The van der Waals surface area contributed by atoms with E-state index in [1.165, 1.54) is 0 Å². The van der Waals surface area contributed by atoms with Crippen molar-refractivity contribution in [3.8, 4) is 6.07 Å². The molecule has 0 bridgehead atoms. The molecule has 0 aliphatic heterocycles. The highest BCUT2D eigenvalue weighted by Gasteiger charge is 2.02. The van der Waals surface area contributed by atoms with Gasteiger partial charge in [-0.1, -0.05) is 11.6 Å². The zero-order chi connectivity index (χ0) is 11.3. The van der Waals surface area contributed by atoms with Crippen LogP contribution < -0.4 is 10.6 Å². The lowest BCUT2D eigenvalue weighted by Gasteiger charge is -2.12. The number of nitriles is 1. The van der Waals surface area contributed by atoms with Gasteiger partial charge in [-0.3, -0.25) is 0 Å². The molecule has 1 aromatic carbocycles. The van der Waals surface area contributed by atoms with Gasteiger partial charge in [-0.05, 0) is 32.2 Å². The average molecular weight is 224 g/mol. The minimum atomic E-state index is 0.388. The quantitative estimate of drug-likeness (QED) is 0.823. The molecule has 0 amide bonds. The summed E-state index contributed by atoms with van der Waals surface area (Å²) in [6, 6.07) is 7.75. The molecule has 0 aromatic heterocycles. The second kappa shape index (κ2) is 5.59. The van der Waals surface area contributed by atoms with Gasteiger partial charge in [-0.25, -0.2) is 0 Å². The Morgan fingerprint density at radius 2 is 2.27 bits per heavy atom. The Labute approximate surface area is 95.1 Å². The summed E-state index contributed by atoms with van der Waals surface area (Å²) in [5, 5.41) is 15.5. The molecule has 0 heterocycles. The summed E-state index contributed by atoms with van der Waals surface area (Å²) in [6.45, 7) is 2.90. The molecule has 0 aliphatic rings. The SMILES string of the molecule is CNC(C)CNc1ccc(C#N)c(Cl)c1. The molecule has 0 fully saturated rings. The molecule has 2 N–H and O–H groups in total. The first kappa shape index (κ1) is 11.8. The molecule has 1 atom stereocenters. The van der Waals surface area contributed by atoms with Crippen molar-refractivity contribution in [1.82, 2.24) is 5.32 Å². The maximum absolute atomic E-state index is 8.70. The van der Waals surface area contributed by atoms with E-state index in [1.807, 2.05) is 19.2 Å². The van der Waals surface area contributed by atoms with E-state index < -0.39 is 0 Å². The second-order valence-electron chi connectivity index (χ2n) is 3.38. The maximum atomic E-state index is 8.70. The molecule has 0 aliphatic carbocycles. The van der Waals surface area contributed by atoms with Gasteiger partial charge in [0.15, 0.2) is 0 Å². The van der Waals surface area contributed by atoms with Crippen molar-refractivity contribution < 1.29 is 0 Å². The fraction of sp³-hybridized carbons (Fsp3) is 0.364. The van der Waals surface area contributed by atoms with E-state index in [9.17, 15) is 0 Å². The van der Waals surface area contributed by atoms with Crippen LogP contribution in [-0.4, -0.2) is 19.6 Å². The van der Waals surface area contributed by atoms with Crippen molar-refractivity contribution in [2.45, 2.75) is 13.0 Å². The van der Waals surface area contributed by atoms with Crippen LogP contribution in [0, 0.1) is 11.3 Å². The van der Waals surface area contributed by atoms with Gasteiger partial charge in [0.05, 0.1) is 10.6 Å². The molecule has 15 heavy (non-hydrogen) atoms. The first-order chi connectivity index (χ1) is 7.17. The van der Waals surface area contributed by atoms with Crippen molar-refractivity contribution in [3.63, 3.8) is 0 Å². The normalized spacial score (nSPS) is 11.9. The van der Waals surface area contributed by atoms with Crippen LogP contribution in [0.3, 0.4) is 0 Å². The Kier molecular flexibility index (Phi) is 4.41. The number of hydrogen-bond donors (Lipinski definition) is 2. The topological polar surface area (TPSA) is 47.8 Å². The molecule has 0 spiro atoms. The van der Waals surface area contributed by atoms with Crippen LogP contribution >= 0.6 is 11.6 Å². The molecule has 80 valence electrons. The first-order valence-corrected chi connectivity index (χ1v) is 5.16. The minimum absolute atomic E-state index is 0.388. The number of nitrogens with zero attached hydrogens (tertiary/aromatic N) is 1. The summed E-state index contributed by atoms with van der Waals surface area (Å²) in [7, 11) is 1.91. The third-order valence-electron chi connectivity index (χ3n) is 2.19. The zero-order valence-electron chi connectivity index (χ0n) is 8.84. The van der Waals surface area contributed by atoms with Gasteiger partial charge >= 0.3 is 0 Å². The molecular formula is C11H14ClN3. The van der Waals surface area contributed by atoms with Crippen LogP contribution in [0.5, 0.6) is 0 Å². The Morgan fingerprint density at radius 1 is 1.53 bits per heavy atom. The van der Waals surface area contributed by atoms with E-state index in [2.05, 4.69) is 17.6 Å². The van der Waals surface area contributed by atoms with E-state index >= 15 is 0 Å². The van der Waals surface area contributed by atoms with Crippen LogP contribution in [0.2, 0.25) is 5.02 Å². The fourth-order valence-corrected chi connectivity index (χ4v) is 1.31. The third kappa shape index (κ3) is 3.43. The summed E-state index contributed by atoms with van der Waals surface area (Å²) < 4.78 is 0. The molecule has 1 unspecified atom stereocenters. The number of anilines is 1. The summed E-state index contributed by atoms with van der Waals surface area (Å²) in [6.07, 6.45) is 0. The number of likely N-dealkylation sites (N-methyl/N-ethyl adjacent to an activating group) is 1. The highest BCUT2D eigenvalue weighted by Crippen LogP contribution is 2.19. The van der Waals surface area contributed by atoms with Crippen LogP contribution in [-0.2, 0) is 0 Å². The van der Waals surface area contributed by atoms with E-state index in [0.717, 1.165) is 12.2 Å². The number of hydrogen-bond acceptors (Lipinski definition) is 3. The lowest BCUT2D eigenvalue weighted by Crippen LogP contribution is -2.29. The largest absolute Gasteiger partial charge is 0.383 e. The number of halogens is 1. The smallest absolute Gasteiger partial charge is 0.101 e. The third-order valence-corrected chi connectivity index (χ3v) is 2.51. The standard InChI is InChI=1S/C11H14ClN3/c1-8(14-2)7-15-10-4-3-9(6-13)11(12)5-10/h3-5,8,14-15H,7H2,1-2H3. The highest BCUT2D eigenvalue weighted by atomic mass is 35.5. The molecule has 3 nitrogen and oxygen atoms in total. The zero-order valence-corrected chi connectivity index (χ0v) is 9.60. The Hall–Kier alpha value is -1.24. The molecule has 0 radical (unpaired) electrons. The second-order valence-corrected chi connectivity index (χ2v) is 3.78. The summed E-state index contributed by atoms with van der Waals surface area (Å²) in [5.41, 5.74) is 1.44. The molecule has 1 aromatic rings. The predicted molar refractivity (Wildman–Crippen MR) is 63.2 cm³/mol. The number of nitrogens with one attached hydrogen (secondary N) is 2. The lowest BCUT2D eigenvalue weighted by atomic mass is 10.2. The van der Waals surface area contributed by atoms with E-state index in [0.29, 0.717) is 16.6 Å². The minimum Gasteiger partial charge on any atom is -0.383 e. The summed E-state index contributed by atoms with van der Waals surface area (Å²) in [4.78, 5) is 0. The van der Waals surface area contributed by atoms with Crippen molar-refractivity contribution in [1.29, 1.82) is 5.26 Å². The van der Waals surface area contributed by atoms with Crippen LogP contribution in [0.25, 0.3) is 0 Å². The van der Waals surface area contributed by atoms with Crippen molar-refractivity contribution in [2.75, 3.05) is 18.9 Å². The highest BCUT2D eigenvalue weighted by molar-refractivity contribution is 6.32.